The van der Waals surface area contributed by atoms with Crippen LogP contribution >= 0.6 is 0 Å². The Balaban J connectivity index is 3.96. The summed E-state index contributed by atoms with van der Waals surface area (Å²) in [5.41, 5.74) is 0.0888. The highest BCUT2D eigenvalue weighted by Crippen LogP contribution is 1.99. The van der Waals surface area contributed by atoms with Gasteiger partial charge in [0.25, 0.3) is 0 Å². The second kappa shape index (κ2) is 4.87. The number of aliphatic carboxylic acids is 1. The molecular formula is C7H12O4. The van der Waals surface area contributed by atoms with E-state index in [1.807, 2.05) is 0 Å². The van der Waals surface area contributed by atoms with Crippen LogP contribution in [0.1, 0.15) is 13.3 Å². The van der Waals surface area contributed by atoms with Gasteiger partial charge in [-0.25, -0.2) is 4.79 Å². The molecule has 4 nitrogen and oxygen atoms in total. The second-order valence-electron chi connectivity index (χ2n) is 2.23. The van der Waals surface area contributed by atoms with Crippen molar-refractivity contribution in [1.29, 1.82) is 0 Å². The monoisotopic (exact) mass is 160 g/mol. The van der Waals surface area contributed by atoms with Crippen LogP contribution in [0.2, 0.25) is 0 Å². The molecule has 0 aliphatic carbocycles. The van der Waals surface area contributed by atoms with Gasteiger partial charge in [0.2, 0.25) is 0 Å². The van der Waals surface area contributed by atoms with E-state index in [0.717, 1.165) is 0 Å². The molecule has 0 aliphatic rings. The summed E-state index contributed by atoms with van der Waals surface area (Å²) in [6.07, 6.45) is 0.513. The van der Waals surface area contributed by atoms with Gasteiger partial charge in [-0.3, -0.25) is 0 Å². The van der Waals surface area contributed by atoms with Crippen molar-refractivity contribution in [3.63, 3.8) is 0 Å². The van der Waals surface area contributed by atoms with Crippen molar-refractivity contribution < 1.29 is 20.1 Å². The minimum atomic E-state index is -1.05. The average molecular weight is 160 g/mol. The fraction of sp³-hybridized carbons (Fsp3) is 0.571. The highest BCUT2D eigenvalue weighted by Gasteiger charge is 2.03. The summed E-state index contributed by atoms with van der Waals surface area (Å²) >= 11 is 0. The molecule has 0 heterocycles. The number of aliphatic hydroxyl groups is 2. The van der Waals surface area contributed by atoms with E-state index in [9.17, 15) is 4.79 Å². The highest BCUT2D eigenvalue weighted by atomic mass is 16.4. The van der Waals surface area contributed by atoms with Crippen LogP contribution < -0.4 is 0 Å². The summed E-state index contributed by atoms with van der Waals surface area (Å²) in [6.45, 7) is 1.24. The number of aliphatic hydroxyl groups excluding tert-OH is 2. The molecule has 0 fully saturated rings. The van der Waals surface area contributed by atoms with Gasteiger partial charge in [0.05, 0.1) is 6.10 Å². The number of carbonyl (C=O) groups is 1. The molecule has 11 heavy (non-hydrogen) atoms. The Kier molecular flexibility index (Phi) is 4.49. The first-order chi connectivity index (χ1) is 5.07. The lowest BCUT2D eigenvalue weighted by Gasteiger charge is -2.02. The number of carboxylic acids is 1. The van der Waals surface area contributed by atoms with Gasteiger partial charge >= 0.3 is 5.97 Å². The van der Waals surface area contributed by atoms with Crippen molar-refractivity contribution in [2.45, 2.75) is 19.4 Å². The van der Waals surface area contributed by atoms with Gasteiger partial charge in [0, 0.05) is 18.6 Å². The molecule has 0 aromatic carbocycles. The van der Waals surface area contributed by atoms with Crippen LogP contribution in [0.3, 0.4) is 0 Å². The Morgan fingerprint density at radius 3 is 2.55 bits per heavy atom. The van der Waals surface area contributed by atoms with Crippen molar-refractivity contribution >= 4 is 5.97 Å². The van der Waals surface area contributed by atoms with Gasteiger partial charge < -0.3 is 15.3 Å². The normalized spacial score (nSPS) is 14.6. The number of hydrogen-bond acceptors (Lipinski definition) is 3. The first-order valence-electron chi connectivity index (χ1n) is 3.28. The van der Waals surface area contributed by atoms with E-state index in [1.54, 1.807) is 0 Å². The molecule has 0 rings (SSSR count). The lowest BCUT2D eigenvalue weighted by Crippen LogP contribution is -2.08. The van der Waals surface area contributed by atoms with Crippen LogP contribution in [0.15, 0.2) is 11.6 Å². The zero-order chi connectivity index (χ0) is 8.85. The molecule has 0 bridgehead atoms. The molecule has 64 valence electrons. The maximum atomic E-state index is 10.2. The zero-order valence-electron chi connectivity index (χ0n) is 6.32. The maximum Gasteiger partial charge on any atom is 0.331 e. The summed E-state index contributed by atoms with van der Waals surface area (Å²) in [6, 6.07) is 0. The van der Waals surface area contributed by atoms with Crippen LogP contribution in [0.5, 0.6) is 0 Å². The third-order valence-electron chi connectivity index (χ3n) is 1.20. The smallest absolute Gasteiger partial charge is 0.331 e. The topological polar surface area (TPSA) is 77.8 Å². The lowest BCUT2D eigenvalue weighted by molar-refractivity contribution is -0.132. The van der Waals surface area contributed by atoms with E-state index in [4.69, 9.17) is 15.3 Å². The molecule has 0 saturated carbocycles. The van der Waals surface area contributed by atoms with E-state index in [2.05, 4.69) is 0 Å². The largest absolute Gasteiger partial charge is 0.478 e. The summed E-state index contributed by atoms with van der Waals surface area (Å²) in [7, 11) is 0. The highest BCUT2D eigenvalue weighted by molar-refractivity contribution is 5.85. The average Bonchev–Trinajstić information content (AvgIpc) is 1.87. The van der Waals surface area contributed by atoms with Crippen LogP contribution in [0.4, 0.5) is 0 Å². The Labute approximate surface area is 64.8 Å². The van der Waals surface area contributed by atoms with Crippen molar-refractivity contribution in [2.24, 2.45) is 0 Å². The molecule has 0 aliphatic heterocycles. The molecule has 0 saturated heterocycles. The van der Waals surface area contributed by atoms with E-state index in [1.165, 1.54) is 13.0 Å². The van der Waals surface area contributed by atoms with Gasteiger partial charge in [-0.15, -0.1) is 0 Å². The quantitative estimate of drug-likeness (QED) is 0.496. The van der Waals surface area contributed by atoms with Crippen LogP contribution in [-0.4, -0.2) is 34.0 Å². The lowest BCUT2D eigenvalue weighted by atomic mass is 10.2. The van der Waals surface area contributed by atoms with E-state index in [0.29, 0.717) is 0 Å². The third-order valence-corrected chi connectivity index (χ3v) is 1.20. The summed E-state index contributed by atoms with van der Waals surface area (Å²) in [4.78, 5) is 10.2. The second-order valence-corrected chi connectivity index (χ2v) is 2.23. The van der Waals surface area contributed by atoms with Crippen molar-refractivity contribution in [3.8, 4) is 0 Å². The zero-order valence-corrected chi connectivity index (χ0v) is 6.32. The predicted molar refractivity (Wildman–Crippen MR) is 39.1 cm³/mol. The number of rotatable bonds is 4. The Morgan fingerprint density at radius 2 is 2.18 bits per heavy atom. The number of hydrogen-bond donors (Lipinski definition) is 3. The summed E-state index contributed by atoms with van der Waals surface area (Å²) in [5.74, 6) is -1.05. The Bertz CT molecular complexity index is 162. The molecule has 3 N–H and O–H groups in total. The Hall–Kier alpha value is -0.870. The maximum absolute atomic E-state index is 10.2. The first-order valence-corrected chi connectivity index (χ1v) is 3.28. The fourth-order valence-corrected chi connectivity index (χ4v) is 0.575. The van der Waals surface area contributed by atoms with E-state index >= 15 is 0 Å². The van der Waals surface area contributed by atoms with Gasteiger partial charge in [-0.1, -0.05) is 0 Å². The van der Waals surface area contributed by atoms with Crippen LogP contribution in [0.25, 0.3) is 0 Å². The van der Waals surface area contributed by atoms with E-state index in [-0.39, 0.29) is 18.6 Å². The molecule has 0 amide bonds. The molecule has 1 unspecified atom stereocenters. The van der Waals surface area contributed by atoms with E-state index < -0.39 is 12.1 Å². The predicted octanol–water partition coefficient (Wildman–Crippen LogP) is -0.239. The Morgan fingerprint density at radius 1 is 1.64 bits per heavy atom. The SMILES string of the molecule is CC(=CC(O)CCO)C(=O)O. The van der Waals surface area contributed by atoms with Crippen molar-refractivity contribution in [3.05, 3.63) is 11.6 Å². The third kappa shape index (κ3) is 4.52. The first kappa shape index (κ1) is 10.1. The van der Waals surface area contributed by atoms with Crippen LogP contribution in [0, 0.1) is 0 Å². The van der Waals surface area contributed by atoms with Gasteiger partial charge in [-0.2, -0.15) is 0 Å². The van der Waals surface area contributed by atoms with Crippen LogP contribution in [-0.2, 0) is 4.79 Å². The van der Waals surface area contributed by atoms with Gasteiger partial charge in [0.1, 0.15) is 0 Å². The summed E-state index contributed by atoms with van der Waals surface area (Å²) in [5, 5.41) is 25.7. The minimum Gasteiger partial charge on any atom is -0.478 e. The number of carboxylic acid groups (broad SMARTS) is 1. The fourth-order valence-electron chi connectivity index (χ4n) is 0.575. The molecule has 0 radical (unpaired) electrons. The molecule has 4 heteroatoms. The van der Waals surface area contributed by atoms with Gasteiger partial charge in [-0.05, 0) is 13.0 Å². The molecule has 0 aromatic rings. The summed E-state index contributed by atoms with van der Waals surface area (Å²) < 4.78 is 0. The van der Waals surface area contributed by atoms with Crippen molar-refractivity contribution in [1.82, 2.24) is 0 Å². The molecule has 1 atom stereocenters. The minimum absolute atomic E-state index is 0.0888. The molecular weight excluding hydrogens is 148 g/mol. The van der Waals surface area contributed by atoms with Crippen molar-refractivity contribution in [2.75, 3.05) is 6.61 Å². The molecule has 0 spiro atoms. The standard InChI is InChI=1S/C7H12O4/c1-5(7(10)11)4-6(9)2-3-8/h4,6,8-9H,2-3H2,1H3,(H,10,11). The van der Waals surface area contributed by atoms with Gasteiger partial charge in [0.15, 0.2) is 0 Å². The molecule has 0 aromatic heterocycles.